The molecule has 1 atom stereocenters. The second-order valence-corrected chi connectivity index (χ2v) is 13.5. The van der Waals surface area contributed by atoms with E-state index >= 15 is 0 Å². The SMILES string of the molecule is CCCn1c(SCC(=O)Nc2sc3c(c2C#N)CCC(C(C)(C)CC)C3)nnc1-c1csc2ccccc12. The maximum atomic E-state index is 13.0. The van der Waals surface area contributed by atoms with Crippen LogP contribution >= 0.6 is 34.4 Å². The molecule has 3 heterocycles. The molecule has 9 heteroatoms. The zero-order valence-electron chi connectivity index (χ0n) is 22.3. The number of fused-ring (bicyclic) bond motifs is 2. The van der Waals surface area contributed by atoms with Gasteiger partial charge in [-0.05, 0) is 48.6 Å². The molecule has 4 aromatic rings. The summed E-state index contributed by atoms with van der Waals surface area (Å²) in [5.74, 6) is 1.54. The van der Waals surface area contributed by atoms with Crippen molar-refractivity contribution in [2.75, 3.05) is 11.1 Å². The van der Waals surface area contributed by atoms with Crippen molar-refractivity contribution in [3.8, 4) is 17.5 Å². The zero-order valence-corrected chi connectivity index (χ0v) is 24.8. The quantitative estimate of drug-likeness (QED) is 0.210. The second kappa shape index (κ2) is 11.2. The molecule has 1 aliphatic carbocycles. The van der Waals surface area contributed by atoms with Crippen molar-refractivity contribution in [2.45, 2.75) is 71.5 Å². The minimum absolute atomic E-state index is 0.121. The summed E-state index contributed by atoms with van der Waals surface area (Å²) in [6.07, 6.45) is 5.07. The first kappa shape index (κ1) is 26.9. The average molecular weight is 564 g/mol. The molecule has 0 radical (unpaired) electrons. The Bertz CT molecular complexity index is 1510. The molecule has 1 aromatic carbocycles. The summed E-state index contributed by atoms with van der Waals surface area (Å²) in [4.78, 5) is 14.3. The summed E-state index contributed by atoms with van der Waals surface area (Å²) in [6, 6.07) is 10.7. The molecule has 0 fully saturated rings. The van der Waals surface area contributed by atoms with Gasteiger partial charge in [0.15, 0.2) is 11.0 Å². The molecular formula is C29H33N5OS3. The number of hydrogen-bond donors (Lipinski definition) is 1. The zero-order chi connectivity index (χ0) is 26.9. The van der Waals surface area contributed by atoms with Crippen LogP contribution in [0.2, 0.25) is 0 Å². The molecule has 0 bridgehead atoms. The van der Waals surface area contributed by atoms with E-state index in [1.54, 1.807) is 22.7 Å². The van der Waals surface area contributed by atoms with Crippen molar-refractivity contribution in [1.82, 2.24) is 14.8 Å². The summed E-state index contributed by atoms with van der Waals surface area (Å²) >= 11 is 4.69. The van der Waals surface area contributed by atoms with Crippen LogP contribution in [0.4, 0.5) is 5.00 Å². The van der Waals surface area contributed by atoms with Crippen LogP contribution in [0, 0.1) is 22.7 Å². The largest absolute Gasteiger partial charge is 0.316 e. The predicted molar refractivity (Wildman–Crippen MR) is 159 cm³/mol. The van der Waals surface area contributed by atoms with Crippen LogP contribution in [0.25, 0.3) is 21.5 Å². The van der Waals surface area contributed by atoms with E-state index in [-0.39, 0.29) is 17.1 Å². The van der Waals surface area contributed by atoms with Crippen molar-refractivity contribution in [3.05, 3.63) is 45.6 Å². The highest BCUT2D eigenvalue weighted by Crippen LogP contribution is 2.45. The van der Waals surface area contributed by atoms with Gasteiger partial charge >= 0.3 is 0 Å². The van der Waals surface area contributed by atoms with Crippen molar-refractivity contribution in [1.29, 1.82) is 5.26 Å². The van der Waals surface area contributed by atoms with Crippen LogP contribution in [0.3, 0.4) is 0 Å². The molecule has 1 aliphatic rings. The molecule has 0 spiro atoms. The van der Waals surface area contributed by atoms with Crippen molar-refractivity contribution < 1.29 is 4.79 Å². The Balaban J connectivity index is 1.31. The molecule has 198 valence electrons. The Morgan fingerprint density at radius 2 is 2.11 bits per heavy atom. The number of nitrogens with one attached hydrogen (secondary N) is 1. The van der Waals surface area contributed by atoms with Gasteiger partial charge in [-0.25, -0.2) is 0 Å². The normalized spacial score (nSPS) is 15.4. The molecule has 1 amide bonds. The molecule has 3 aromatic heterocycles. The predicted octanol–water partition coefficient (Wildman–Crippen LogP) is 7.77. The molecule has 1 unspecified atom stereocenters. The summed E-state index contributed by atoms with van der Waals surface area (Å²) in [5.41, 5.74) is 3.14. The highest BCUT2D eigenvalue weighted by atomic mass is 32.2. The van der Waals surface area contributed by atoms with E-state index < -0.39 is 0 Å². The topological polar surface area (TPSA) is 83.6 Å². The fraction of sp³-hybridized carbons (Fsp3) is 0.448. The number of aromatic nitrogens is 3. The first-order chi connectivity index (χ1) is 18.4. The number of carbonyl (C=O) groups excluding carboxylic acids is 1. The molecule has 38 heavy (non-hydrogen) atoms. The van der Waals surface area contributed by atoms with E-state index in [4.69, 9.17) is 0 Å². The summed E-state index contributed by atoms with van der Waals surface area (Å²) in [6.45, 7) is 9.84. The Morgan fingerprint density at radius 1 is 1.29 bits per heavy atom. The number of hydrogen-bond acceptors (Lipinski definition) is 7. The summed E-state index contributed by atoms with van der Waals surface area (Å²) in [7, 11) is 0. The minimum Gasteiger partial charge on any atom is -0.316 e. The van der Waals surface area contributed by atoms with Crippen LogP contribution in [-0.4, -0.2) is 26.4 Å². The van der Waals surface area contributed by atoms with Gasteiger partial charge in [0.05, 0.1) is 11.3 Å². The van der Waals surface area contributed by atoms with Gasteiger partial charge in [-0.15, -0.1) is 32.9 Å². The van der Waals surface area contributed by atoms with Crippen molar-refractivity contribution in [2.24, 2.45) is 11.3 Å². The standard InChI is InChI=1S/C29H33N5OS3/c1-5-13-34-26(22-16-36-23-10-8-7-9-19(22)23)32-33-28(34)37-17-25(35)31-27-21(15-30)20-12-11-18(14-24(20)38-27)29(3,4)6-2/h7-10,16,18H,5-6,11-14,17H2,1-4H3,(H,31,35). The van der Waals surface area contributed by atoms with Gasteiger partial charge in [0.1, 0.15) is 11.1 Å². The van der Waals surface area contributed by atoms with Crippen LogP contribution in [0.5, 0.6) is 0 Å². The number of thiophene rings is 2. The van der Waals surface area contributed by atoms with Crippen LogP contribution < -0.4 is 5.32 Å². The Morgan fingerprint density at radius 3 is 2.87 bits per heavy atom. The molecule has 0 saturated carbocycles. The third-order valence-corrected chi connectivity index (χ3v) is 11.0. The number of amides is 1. The lowest BCUT2D eigenvalue weighted by molar-refractivity contribution is -0.113. The monoisotopic (exact) mass is 563 g/mol. The Labute approximate surface area is 236 Å². The number of carbonyl (C=O) groups is 1. The molecule has 5 rings (SSSR count). The Kier molecular flexibility index (Phi) is 7.94. The minimum atomic E-state index is -0.121. The van der Waals surface area contributed by atoms with Gasteiger partial charge in [-0.2, -0.15) is 5.26 Å². The van der Waals surface area contributed by atoms with Gasteiger partial charge in [0.25, 0.3) is 0 Å². The third kappa shape index (κ3) is 5.14. The van der Waals surface area contributed by atoms with E-state index in [9.17, 15) is 10.1 Å². The fourth-order valence-corrected chi connectivity index (χ4v) is 8.21. The summed E-state index contributed by atoms with van der Waals surface area (Å²) < 4.78 is 3.34. The number of thioether (sulfide) groups is 1. The van der Waals surface area contributed by atoms with E-state index in [0.717, 1.165) is 60.8 Å². The van der Waals surface area contributed by atoms with Gasteiger partial charge in [-0.3, -0.25) is 4.79 Å². The lowest BCUT2D eigenvalue weighted by Gasteiger charge is -2.36. The maximum Gasteiger partial charge on any atom is 0.235 e. The number of nitrogens with zero attached hydrogens (tertiary/aromatic N) is 4. The molecule has 0 aliphatic heterocycles. The van der Waals surface area contributed by atoms with Crippen LogP contribution in [0.15, 0.2) is 34.8 Å². The number of anilines is 1. The van der Waals surface area contributed by atoms with E-state index in [1.165, 1.54) is 26.7 Å². The second-order valence-electron chi connectivity index (χ2n) is 10.5. The number of nitriles is 1. The highest BCUT2D eigenvalue weighted by molar-refractivity contribution is 7.99. The van der Waals surface area contributed by atoms with E-state index in [0.29, 0.717) is 16.5 Å². The molecule has 6 nitrogen and oxygen atoms in total. The lowest BCUT2D eigenvalue weighted by Crippen LogP contribution is -2.28. The fourth-order valence-electron chi connectivity index (χ4n) is 5.21. The number of rotatable bonds is 9. The smallest absolute Gasteiger partial charge is 0.235 e. The average Bonchev–Trinajstić information content (AvgIpc) is 3.61. The van der Waals surface area contributed by atoms with Crippen LogP contribution in [-0.2, 0) is 24.2 Å². The lowest BCUT2D eigenvalue weighted by atomic mass is 9.69. The van der Waals surface area contributed by atoms with E-state index in [1.807, 2.05) is 12.1 Å². The first-order valence-corrected chi connectivity index (χ1v) is 15.9. The highest BCUT2D eigenvalue weighted by Gasteiger charge is 2.34. The maximum absolute atomic E-state index is 13.0. The van der Waals surface area contributed by atoms with Gasteiger partial charge in [0.2, 0.25) is 5.91 Å². The molecule has 0 saturated heterocycles. The van der Waals surface area contributed by atoms with Gasteiger partial charge in [0, 0.05) is 32.5 Å². The van der Waals surface area contributed by atoms with Crippen molar-refractivity contribution >= 4 is 55.4 Å². The van der Waals surface area contributed by atoms with Gasteiger partial charge in [-0.1, -0.05) is 64.1 Å². The van der Waals surface area contributed by atoms with Crippen LogP contribution in [0.1, 0.15) is 63.0 Å². The molecular weight excluding hydrogens is 531 g/mol. The first-order valence-electron chi connectivity index (χ1n) is 13.2. The number of benzene rings is 1. The Hall–Kier alpha value is -2.67. The third-order valence-electron chi connectivity index (χ3n) is 7.86. The van der Waals surface area contributed by atoms with E-state index in [2.05, 4.69) is 71.4 Å². The molecule has 1 N–H and O–H groups in total. The van der Waals surface area contributed by atoms with Crippen molar-refractivity contribution in [3.63, 3.8) is 0 Å². The summed E-state index contributed by atoms with van der Waals surface area (Å²) in [5, 5.41) is 26.7. The van der Waals surface area contributed by atoms with Gasteiger partial charge < -0.3 is 9.88 Å².